The third kappa shape index (κ3) is 2.25. The molecule has 2 heterocycles. The van der Waals surface area contributed by atoms with Crippen molar-refractivity contribution in [3.8, 4) is 0 Å². The fourth-order valence-corrected chi connectivity index (χ4v) is 1.70. The first kappa shape index (κ1) is 10.7. The molecule has 0 amide bonds. The van der Waals surface area contributed by atoms with Crippen molar-refractivity contribution in [2.75, 3.05) is 13.1 Å². The average Bonchev–Trinajstić information content (AvgIpc) is 2.26. The van der Waals surface area contributed by atoms with Crippen LogP contribution in [0.25, 0.3) is 0 Å². The van der Waals surface area contributed by atoms with E-state index < -0.39 is 24.8 Å². The fourth-order valence-electron chi connectivity index (χ4n) is 1.44. The van der Waals surface area contributed by atoms with E-state index in [1.807, 2.05) is 0 Å². The third-order valence-corrected chi connectivity index (χ3v) is 2.70. The van der Waals surface area contributed by atoms with Gasteiger partial charge in [0.2, 0.25) is 0 Å². The van der Waals surface area contributed by atoms with Gasteiger partial charge in [-0.1, -0.05) is 6.08 Å². The van der Waals surface area contributed by atoms with E-state index in [1.165, 1.54) is 11.1 Å². The van der Waals surface area contributed by atoms with Crippen LogP contribution in [-0.2, 0) is 0 Å². The number of alkyl halides is 2. The van der Waals surface area contributed by atoms with Crippen LogP contribution < -0.4 is 0 Å². The highest BCUT2D eigenvalue weighted by Gasteiger charge is 2.45. The second kappa shape index (κ2) is 3.66. The summed E-state index contributed by atoms with van der Waals surface area (Å²) in [6.45, 7) is -0.907. The summed E-state index contributed by atoms with van der Waals surface area (Å²) in [5.74, 6) is -3.16. The van der Waals surface area contributed by atoms with E-state index in [4.69, 9.17) is 0 Å². The Balaban J connectivity index is 2.13. The van der Waals surface area contributed by atoms with Gasteiger partial charge in [-0.15, -0.1) is 0 Å². The van der Waals surface area contributed by atoms with Gasteiger partial charge in [-0.3, -0.25) is 0 Å². The molecule has 1 saturated heterocycles. The summed E-state index contributed by atoms with van der Waals surface area (Å²) in [4.78, 5) is 5.07. The monoisotopic (exact) mass is 280 g/mol. The Morgan fingerprint density at radius 2 is 2.07 bits per heavy atom. The van der Waals surface area contributed by atoms with Crippen molar-refractivity contribution in [1.82, 2.24) is 4.90 Å². The number of hydrogen-bond acceptors (Lipinski definition) is 2. The molecular formula is C9H8BrF3N2. The van der Waals surface area contributed by atoms with E-state index in [0.29, 0.717) is 4.48 Å². The molecular weight excluding hydrogens is 273 g/mol. The second-order valence-electron chi connectivity index (χ2n) is 3.49. The van der Waals surface area contributed by atoms with Crippen LogP contribution in [-0.4, -0.2) is 30.1 Å². The highest BCUT2D eigenvalue weighted by Crippen LogP contribution is 2.33. The van der Waals surface area contributed by atoms with Crippen LogP contribution in [0.4, 0.5) is 13.2 Å². The minimum atomic E-state index is -2.71. The van der Waals surface area contributed by atoms with Crippen molar-refractivity contribution in [3.05, 3.63) is 22.2 Å². The molecule has 0 aromatic heterocycles. The van der Waals surface area contributed by atoms with Crippen molar-refractivity contribution in [2.45, 2.75) is 12.3 Å². The van der Waals surface area contributed by atoms with Gasteiger partial charge in [0, 0.05) is 17.1 Å². The quantitative estimate of drug-likeness (QED) is 0.721. The molecule has 0 bridgehead atoms. The Kier molecular flexibility index (Phi) is 2.62. The lowest BCUT2D eigenvalue weighted by Crippen LogP contribution is -2.55. The summed E-state index contributed by atoms with van der Waals surface area (Å²) >= 11 is 3.16. The normalized spacial score (nSPS) is 24.8. The molecule has 0 radical (unpaired) electrons. The van der Waals surface area contributed by atoms with Crippen LogP contribution in [0.15, 0.2) is 27.2 Å². The molecule has 0 unspecified atom stereocenters. The van der Waals surface area contributed by atoms with Crippen LogP contribution in [0.2, 0.25) is 0 Å². The zero-order chi connectivity index (χ0) is 11.1. The van der Waals surface area contributed by atoms with Crippen molar-refractivity contribution in [2.24, 2.45) is 4.99 Å². The average molecular weight is 281 g/mol. The van der Waals surface area contributed by atoms with Gasteiger partial charge in [-0.25, -0.2) is 18.2 Å². The molecule has 1 fully saturated rings. The van der Waals surface area contributed by atoms with Gasteiger partial charge in [0.15, 0.2) is 5.82 Å². The van der Waals surface area contributed by atoms with Gasteiger partial charge >= 0.3 is 0 Å². The molecule has 15 heavy (non-hydrogen) atoms. The Hall–Kier alpha value is -0.780. The zero-order valence-electron chi connectivity index (χ0n) is 7.68. The molecule has 2 aliphatic heterocycles. The van der Waals surface area contributed by atoms with Crippen LogP contribution >= 0.6 is 15.9 Å². The topological polar surface area (TPSA) is 15.6 Å². The maximum atomic E-state index is 13.4. The second-order valence-corrected chi connectivity index (χ2v) is 4.41. The lowest BCUT2D eigenvalue weighted by molar-refractivity contribution is -0.117. The first-order chi connectivity index (χ1) is 6.98. The first-order valence-electron chi connectivity index (χ1n) is 4.39. The van der Waals surface area contributed by atoms with Gasteiger partial charge in [0.05, 0.1) is 13.1 Å². The van der Waals surface area contributed by atoms with Crippen molar-refractivity contribution < 1.29 is 13.2 Å². The van der Waals surface area contributed by atoms with E-state index >= 15 is 0 Å². The summed E-state index contributed by atoms with van der Waals surface area (Å²) in [5, 5.41) is 0. The van der Waals surface area contributed by atoms with E-state index in [0.717, 1.165) is 0 Å². The highest BCUT2D eigenvalue weighted by molar-refractivity contribution is 9.12. The summed E-state index contributed by atoms with van der Waals surface area (Å²) in [7, 11) is 0. The van der Waals surface area contributed by atoms with E-state index in [9.17, 15) is 13.2 Å². The summed E-state index contributed by atoms with van der Waals surface area (Å²) in [6, 6.07) is 0. The lowest BCUT2D eigenvalue weighted by atomic mass is 10.1. The molecule has 2 aliphatic rings. The van der Waals surface area contributed by atoms with Crippen LogP contribution in [0.1, 0.15) is 6.42 Å². The molecule has 82 valence electrons. The molecule has 0 N–H and O–H groups in total. The molecule has 0 aromatic rings. The van der Waals surface area contributed by atoms with E-state index in [2.05, 4.69) is 20.9 Å². The Morgan fingerprint density at radius 1 is 1.40 bits per heavy atom. The predicted molar refractivity (Wildman–Crippen MR) is 54.8 cm³/mol. The molecule has 0 spiro atoms. The van der Waals surface area contributed by atoms with Gasteiger partial charge in [0.1, 0.15) is 5.83 Å². The van der Waals surface area contributed by atoms with Gasteiger partial charge in [-0.05, 0) is 15.9 Å². The maximum Gasteiger partial charge on any atom is 0.282 e. The minimum Gasteiger partial charge on any atom is -0.342 e. The largest absolute Gasteiger partial charge is 0.342 e. The van der Waals surface area contributed by atoms with E-state index in [-0.39, 0.29) is 12.2 Å². The SMILES string of the molecule is FC1=C(N2CC(F)(F)C2)N=CC(Br)=CC1. The maximum absolute atomic E-state index is 13.4. The molecule has 0 aliphatic carbocycles. The smallest absolute Gasteiger partial charge is 0.282 e. The van der Waals surface area contributed by atoms with Crippen LogP contribution in [0.3, 0.4) is 0 Å². The van der Waals surface area contributed by atoms with Crippen molar-refractivity contribution in [3.63, 3.8) is 0 Å². The summed E-state index contributed by atoms with van der Waals surface area (Å²) in [6.07, 6.45) is 3.10. The standard InChI is InChI=1S/C9H8BrF3N2/c10-6-1-2-7(11)8(14-3-6)15-4-9(12,13)5-15/h1,3H,2,4-5H2. The number of halogens is 4. The predicted octanol–water partition coefficient (Wildman–Crippen LogP) is 2.83. The number of rotatable bonds is 1. The number of nitrogens with zero attached hydrogens (tertiary/aromatic N) is 2. The molecule has 0 saturated carbocycles. The Morgan fingerprint density at radius 3 is 2.67 bits per heavy atom. The fraction of sp³-hybridized carbons (Fsp3) is 0.444. The molecule has 6 heteroatoms. The van der Waals surface area contributed by atoms with Crippen LogP contribution in [0, 0.1) is 0 Å². The van der Waals surface area contributed by atoms with Gasteiger partial charge in [-0.2, -0.15) is 0 Å². The lowest BCUT2D eigenvalue weighted by Gasteiger charge is -2.40. The molecule has 2 nitrogen and oxygen atoms in total. The van der Waals surface area contributed by atoms with E-state index in [1.54, 1.807) is 6.08 Å². The van der Waals surface area contributed by atoms with Crippen molar-refractivity contribution in [1.29, 1.82) is 0 Å². The Labute approximate surface area is 93.3 Å². The Bertz CT molecular complexity index is 366. The number of allylic oxidation sites excluding steroid dienone is 3. The minimum absolute atomic E-state index is 0.0200. The van der Waals surface area contributed by atoms with Gasteiger partial charge in [0.25, 0.3) is 5.92 Å². The molecule has 2 rings (SSSR count). The summed E-state index contributed by atoms with van der Waals surface area (Å²) in [5.41, 5.74) is 0. The molecule has 0 aromatic carbocycles. The summed E-state index contributed by atoms with van der Waals surface area (Å²) < 4.78 is 39.2. The number of aliphatic imine (C=N–C) groups is 1. The zero-order valence-corrected chi connectivity index (χ0v) is 9.27. The van der Waals surface area contributed by atoms with Crippen molar-refractivity contribution >= 4 is 22.1 Å². The highest BCUT2D eigenvalue weighted by atomic mass is 79.9. The molecule has 0 atom stereocenters. The van der Waals surface area contributed by atoms with Gasteiger partial charge < -0.3 is 4.90 Å². The third-order valence-electron chi connectivity index (χ3n) is 2.17. The number of likely N-dealkylation sites (tertiary alicyclic amines) is 1. The number of hydrogen-bond donors (Lipinski definition) is 0. The first-order valence-corrected chi connectivity index (χ1v) is 5.18. The van der Waals surface area contributed by atoms with Crippen LogP contribution in [0.5, 0.6) is 0 Å².